The Hall–Kier alpha value is -0.720. The van der Waals surface area contributed by atoms with Crippen LogP contribution in [0.15, 0.2) is 24.3 Å². The number of rotatable bonds is 6. The van der Waals surface area contributed by atoms with E-state index >= 15 is 0 Å². The highest BCUT2D eigenvalue weighted by atomic mass is 79.9. The van der Waals surface area contributed by atoms with Gasteiger partial charge in [-0.05, 0) is 17.5 Å². The van der Waals surface area contributed by atoms with Gasteiger partial charge in [0.1, 0.15) is 22.3 Å². The Morgan fingerprint density at radius 1 is 1.39 bits per heavy atom. The molecule has 1 aromatic rings. The average molecular weight is 338 g/mol. The van der Waals surface area contributed by atoms with Gasteiger partial charge in [-0.15, -0.1) is 0 Å². The van der Waals surface area contributed by atoms with Crippen molar-refractivity contribution in [1.82, 2.24) is 0 Å². The molecular formula is C10H13BrNO5P. The maximum Gasteiger partial charge on any atom is 0.343 e. The van der Waals surface area contributed by atoms with E-state index in [0.717, 1.165) is 5.56 Å². The van der Waals surface area contributed by atoms with Gasteiger partial charge < -0.3 is 15.7 Å². The van der Waals surface area contributed by atoms with Crippen LogP contribution in [0.25, 0.3) is 0 Å². The van der Waals surface area contributed by atoms with Gasteiger partial charge in [-0.25, -0.2) is 3.62 Å². The summed E-state index contributed by atoms with van der Waals surface area (Å²) < 4.78 is 15.6. The molecule has 0 radical (unpaired) electrons. The Balaban J connectivity index is 2.69. The monoisotopic (exact) mass is 337 g/mol. The summed E-state index contributed by atoms with van der Waals surface area (Å²) >= 11 is 2.50. The summed E-state index contributed by atoms with van der Waals surface area (Å²) in [4.78, 5) is 19.8. The van der Waals surface area contributed by atoms with Gasteiger partial charge in [0, 0.05) is 0 Å². The molecule has 8 heteroatoms. The summed E-state index contributed by atoms with van der Waals surface area (Å²) in [5.74, 6) is -1.06. The molecule has 0 saturated carbocycles. The topological polar surface area (TPSA) is 110 Å². The second-order valence-electron chi connectivity index (χ2n) is 3.83. The Bertz CT molecular complexity index is 464. The number of carboxylic acids is 1. The van der Waals surface area contributed by atoms with Crippen molar-refractivity contribution in [2.24, 2.45) is 5.73 Å². The SMILES string of the molecule is NC(Cc1ccc(CP(=O)(O)OBr)cc1)C(=O)O. The van der Waals surface area contributed by atoms with E-state index in [4.69, 9.17) is 10.8 Å². The molecule has 0 bridgehead atoms. The van der Waals surface area contributed by atoms with Crippen LogP contribution in [-0.2, 0) is 25.6 Å². The molecule has 2 unspecified atom stereocenters. The van der Waals surface area contributed by atoms with Gasteiger partial charge in [-0.3, -0.25) is 9.36 Å². The molecule has 0 aliphatic heterocycles. The first kappa shape index (κ1) is 15.3. The van der Waals surface area contributed by atoms with Crippen molar-refractivity contribution in [3.8, 4) is 0 Å². The summed E-state index contributed by atoms with van der Waals surface area (Å²) in [5.41, 5.74) is 6.77. The lowest BCUT2D eigenvalue weighted by molar-refractivity contribution is -0.138. The van der Waals surface area contributed by atoms with Gasteiger partial charge in [0.05, 0.1) is 6.16 Å². The van der Waals surface area contributed by atoms with Crippen LogP contribution >= 0.6 is 23.9 Å². The normalized spacial score (nSPS) is 15.9. The van der Waals surface area contributed by atoms with E-state index < -0.39 is 19.6 Å². The summed E-state index contributed by atoms with van der Waals surface area (Å²) in [6, 6.07) is 5.67. The third-order valence-corrected chi connectivity index (χ3v) is 4.62. The highest BCUT2D eigenvalue weighted by Crippen LogP contribution is 2.47. The Kier molecular flexibility index (Phi) is 5.49. The first-order chi connectivity index (χ1) is 8.34. The van der Waals surface area contributed by atoms with Crippen LogP contribution in [0, 0.1) is 0 Å². The smallest absolute Gasteiger partial charge is 0.343 e. The number of hydrogen-bond acceptors (Lipinski definition) is 4. The second-order valence-corrected chi connectivity index (χ2v) is 6.43. The van der Waals surface area contributed by atoms with Crippen LogP contribution in [0.2, 0.25) is 0 Å². The summed E-state index contributed by atoms with van der Waals surface area (Å²) in [6.07, 6.45) is 0.0882. The fraction of sp³-hybridized carbons (Fsp3) is 0.300. The average Bonchev–Trinajstić information content (AvgIpc) is 2.31. The number of halogens is 1. The first-order valence-corrected chi connectivity index (χ1v) is 7.43. The molecule has 0 aliphatic carbocycles. The van der Waals surface area contributed by atoms with Gasteiger partial charge in [0.25, 0.3) is 0 Å². The molecule has 2 atom stereocenters. The molecule has 1 aromatic carbocycles. The molecule has 0 aromatic heterocycles. The molecule has 0 amide bonds. The molecule has 1 rings (SSSR count). The van der Waals surface area contributed by atoms with Gasteiger partial charge >= 0.3 is 13.6 Å². The third-order valence-electron chi connectivity index (χ3n) is 2.29. The van der Waals surface area contributed by atoms with Crippen molar-refractivity contribution in [2.75, 3.05) is 0 Å². The van der Waals surface area contributed by atoms with Crippen molar-refractivity contribution in [1.29, 1.82) is 0 Å². The fourth-order valence-electron chi connectivity index (χ4n) is 1.38. The molecule has 18 heavy (non-hydrogen) atoms. The minimum Gasteiger partial charge on any atom is -0.480 e. The summed E-state index contributed by atoms with van der Waals surface area (Å²) in [6.45, 7) is 0. The zero-order chi connectivity index (χ0) is 13.8. The second kappa shape index (κ2) is 6.45. The van der Waals surface area contributed by atoms with Crippen LogP contribution < -0.4 is 5.73 Å². The van der Waals surface area contributed by atoms with Crippen LogP contribution in [0.3, 0.4) is 0 Å². The fourth-order valence-corrected chi connectivity index (χ4v) is 2.41. The number of benzene rings is 1. The lowest BCUT2D eigenvalue weighted by Crippen LogP contribution is -2.32. The number of aliphatic carboxylic acids is 1. The number of carboxylic acid groups (broad SMARTS) is 1. The minimum absolute atomic E-state index is 0.122. The van der Waals surface area contributed by atoms with Gasteiger partial charge in [0.2, 0.25) is 0 Å². The molecule has 0 fully saturated rings. The van der Waals surface area contributed by atoms with Crippen LogP contribution in [-0.4, -0.2) is 22.0 Å². The van der Waals surface area contributed by atoms with Crippen LogP contribution in [0.4, 0.5) is 0 Å². The third kappa shape index (κ3) is 4.88. The van der Waals surface area contributed by atoms with Crippen molar-refractivity contribution in [3.63, 3.8) is 0 Å². The molecule has 100 valence electrons. The predicted molar refractivity (Wildman–Crippen MR) is 69.3 cm³/mol. The van der Waals surface area contributed by atoms with E-state index in [1.165, 1.54) is 0 Å². The van der Waals surface area contributed by atoms with Crippen molar-refractivity contribution < 1.29 is 23.0 Å². The maximum absolute atomic E-state index is 11.3. The molecule has 0 heterocycles. The first-order valence-electron chi connectivity index (χ1n) is 5.02. The standard InChI is InChI=1S/C10H13BrNO5P/c11-17-18(15,16)6-8-3-1-7(2-4-8)5-9(12)10(13)14/h1-4,9H,5-6,12H2,(H,13,14)(H,15,16). The molecule has 6 nitrogen and oxygen atoms in total. The van der Waals surface area contributed by atoms with Gasteiger partial charge in [0.15, 0.2) is 0 Å². The Morgan fingerprint density at radius 3 is 2.33 bits per heavy atom. The Labute approximate surface area is 113 Å². The van der Waals surface area contributed by atoms with E-state index in [0.29, 0.717) is 5.56 Å². The molecule has 4 N–H and O–H groups in total. The minimum atomic E-state index is -3.66. The number of hydrogen-bond donors (Lipinski definition) is 3. The zero-order valence-corrected chi connectivity index (χ0v) is 11.8. The largest absolute Gasteiger partial charge is 0.480 e. The van der Waals surface area contributed by atoms with Gasteiger partial charge in [-0.1, -0.05) is 24.3 Å². The predicted octanol–water partition coefficient (Wildman–Crippen LogP) is 1.65. The van der Waals surface area contributed by atoms with Gasteiger partial charge in [-0.2, -0.15) is 0 Å². The van der Waals surface area contributed by atoms with E-state index in [-0.39, 0.29) is 12.6 Å². The van der Waals surface area contributed by atoms with E-state index in [1.54, 1.807) is 24.3 Å². The quantitative estimate of drug-likeness (QED) is 0.681. The van der Waals surface area contributed by atoms with E-state index in [2.05, 4.69) is 19.9 Å². The highest BCUT2D eigenvalue weighted by molar-refractivity contribution is 9.06. The van der Waals surface area contributed by atoms with Crippen molar-refractivity contribution in [2.45, 2.75) is 18.6 Å². The summed E-state index contributed by atoms with van der Waals surface area (Å²) in [5, 5.41) is 8.67. The van der Waals surface area contributed by atoms with Crippen molar-refractivity contribution in [3.05, 3.63) is 35.4 Å². The zero-order valence-electron chi connectivity index (χ0n) is 9.32. The van der Waals surface area contributed by atoms with E-state index in [1.807, 2.05) is 0 Å². The van der Waals surface area contributed by atoms with Crippen LogP contribution in [0.1, 0.15) is 11.1 Å². The molecule has 0 spiro atoms. The Morgan fingerprint density at radius 2 is 1.89 bits per heavy atom. The lowest BCUT2D eigenvalue weighted by atomic mass is 10.1. The van der Waals surface area contributed by atoms with Crippen LogP contribution in [0.5, 0.6) is 0 Å². The highest BCUT2D eigenvalue weighted by Gasteiger charge is 2.19. The number of nitrogens with two attached hydrogens (primary N) is 1. The molecule has 0 aliphatic rings. The lowest BCUT2D eigenvalue weighted by Gasteiger charge is -2.09. The molecule has 0 saturated heterocycles. The number of carbonyl (C=O) groups is 1. The van der Waals surface area contributed by atoms with E-state index in [9.17, 15) is 14.3 Å². The summed E-state index contributed by atoms with van der Waals surface area (Å²) in [7, 11) is -3.66. The molecular weight excluding hydrogens is 325 g/mol. The maximum atomic E-state index is 11.3. The van der Waals surface area contributed by atoms with Crippen molar-refractivity contribution >= 4 is 29.8 Å².